The Bertz CT molecular complexity index is 732. The minimum atomic E-state index is -0.208. The third-order valence-corrected chi connectivity index (χ3v) is 6.27. The molecule has 28 heavy (non-hydrogen) atoms. The maximum atomic E-state index is 12.6. The van der Waals surface area contributed by atoms with Gasteiger partial charge in [0.05, 0.1) is 6.54 Å². The van der Waals surface area contributed by atoms with Gasteiger partial charge in [-0.25, -0.2) is 0 Å². The summed E-state index contributed by atoms with van der Waals surface area (Å²) in [5.41, 5.74) is 0.436. The molecule has 3 rings (SSSR count). The number of carbonyl (C=O) groups is 2. The van der Waals surface area contributed by atoms with Gasteiger partial charge in [0.15, 0.2) is 0 Å². The van der Waals surface area contributed by atoms with Crippen LogP contribution in [0.4, 0.5) is 0 Å². The van der Waals surface area contributed by atoms with Crippen LogP contribution in [0.25, 0.3) is 0 Å². The minimum absolute atomic E-state index is 0.0692. The molecule has 154 valence electrons. The first-order valence-corrected chi connectivity index (χ1v) is 10.6. The first-order chi connectivity index (χ1) is 13.1. The van der Waals surface area contributed by atoms with Crippen molar-refractivity contribution in [2.75, 3.05) is 19.6 Å². The number of nitrogens with one attached hydrogen (secondary N) is 2. The zero-order valence-corrected chi connectivity index (χ0v) is 18.3. The van der Waals surface area contributed by atoms with E-state index in [4.69, 9.17) is 23.2 Å². The molecule has 1 heterocycles. The van der Waals surface area contributed by atoms with Crippen LogP contribution < -0.4 is 10.6 Å². The van der Waals surface area contributed by atoms with Crippen LogP contribution in [0.15, 0.2) is 18.2 Å². The van der Waals surface area contributed by atoms with E-state index in [9.17, 15) is 9.59 Å². The molecule has 5 nitrogen and oxygen atoms in total. The van der Waals surface area contributed by atoms with Gasteiger partial charge < -0.3 is 10.6 Å². The van der Waals surface area contributed by atoms with Gasteiger partial charge in [-0.1, -0.05) is 23.2 Å². The molecule has 1 aromatic carbocycles. The van der Waals surface area contributed by atoms with Gasteiger partial charge in [-0.3, -0.25) is 14.5 Å². The predicted molar refractivity (Wildman–Crippen MR) is 113 cm³/mol. The van der Waals surface area contributed by atoms with Gasteiger partial charge in [-0.2, -0.15) is 0 Å². The summed E-state index contributed by atoms with van der Waals surface area (Å²) in [4.78, 5) is 27.0. The van der Waals surface area contributed by atoms with E-state index in [1.54, 1.807) is 18.2 Å². The van der Waals surface area contributed by atoms with E-state index >= 15 is 0 Å². The van der Waals surface area contributed by atoms with Crippen LogP contribution in [-0.2, 0) is 4.79 Å². The van der Waals surface area contributed by atoms with E-state index in [1.807, 2.05) is 20.8 Å². The van der Waals surface area contributed by atoms with E-state index in [2.05, 4.69) is 15.5 Å². The summed E-state index contributed by atoms with van der Waals surface area (Å²) in [6.07, 6.45) is 4.11. The normalized spacial score (nSPS) is 21.8. The molecule has 1 atom stereocenters. The molecule has 0 radical (unpaired) electrons. The summed E-state index contributed by atoms with van der Waals surface area (Å²) in [5.74, 6) is -0.0554. The van der Waals surface area contributed by atoms with E-state index in [-0.39, 0.29) is 28.8 Å². The Balaban J connectivity index is 1.53. The standard InChI is InChI=1S/C21H29Cl2N3O2/c1-20(2,3)25-18(27)13-26-8-6-21(7-9-26)5-4-17(21)24-19(28)14-10-15(22)12-16(23)11-14/h10-12,17H,4-9,13H2,1-3H3,(H,24,28)(H,25,27)/t17-/m0/s1. The lowest BCUT2D eigenvalue weighted by Crippen LogP contribution is -2.59. The molecule has 1 spiro atoms. The van der Waals surface area contributed by atoms with Crippen LogP contribution in [0.2, 0.25) is 10.0 Å². The largest absolute Gasteiger partial charge is 0.350 e. The second kappa shape index (κ2) is 8.21. The van der Waals surface area contributed by atoms with Crippen molar-refractivity contribution >= 4 is 35.0 Å². The first-order valence-electron chi connectivity index (χ1n) is 9.87. The van der Waals surface area contributed by atoms with E-state index in [1.165, 1.54) is 0 Å². The third kappa shape index (κ3) is 5.19. The number of benzene rings is 1. The van der Waals surface area contributed by atoms with Crippen molar-refractivity contribution in [1.82, 2.24) is 15.5 Å². The third-order valence-electron chi connectivity index (χ3n) is 5.83. The van der Waals surface area contributed by atoms with Crippen molar-refractivity contribution in [3.63, 3.8) is 0 Å². The lowest BCUT2D eigenvalue weighted by molar-refractivity contribution is -0.124. The highest BCUT2D eigenvalue weighted by molar-refractivity contribution is 6.35. The molecule has 2 amide bonds. The lowest BCUT2D eigenvalue weighted by atomic mass is 9.59. The molecule has 1 aromatic rings. The maximum Gasteiger partial charge on any atom is 0.251 e. The number of likely N-dealkylation sites (tertiary alicyclic amines) is 1. The Morgan fingerprint density at radius 3 is 2.21 bits per heavy atom. The predicted octanol–water partition coefficient (Wildman–Crippen LogP) is 3.88. The van der Waals surface area contributed by atoms with Gasteiger partial charge in [0.2, 0.25) is 5.91 Å². The molecule has 2 fully saturated rings. The second-order valence-electron chi connectivity index (χ2n) is 9.16. The van der Waals surface area contributed by atoms with Crippen molar-refractivity contribution in [3.05, 3.63) is 33.8 Å². The summed E-state index contributed by atoms with van der Waals surface area (Å²) < 4.78 is 0. The van der Waals surface area contributed by atoms with E-state index in [0.29, 0.717) is 22.2 Å². The Kier molecular flexibility index (Phi) is 6.28. The van der Waals surface area contributed by atoms with Gasteiger partial charge >= 0.3 is 0 Å². The van der Waals surface area contributed by atoms with Crippen molar-refractivity contribution in [3.8, 4) is 0 Å². The van der Waals surface area contributed by atoms with E-state index < -0.39 is 0 Å². The summed E-state index contributed by atoms with van der Waals surface area (Å²) >= 11 is 12.0. The molecule has 0 bridgehead atoms. The fourth-order valence-electron chi connectivity index (χ4n) is 4.26. The van der Waals surface area contributed by atoms with Crippen molar-refractivity contribution < 1.29 is 9.59 Å². The molecule has 2 aliphatic rings. The topological polar surface area (TPSA) is 61.4 Å². The zero-order chi connectivity index (χ0) is 20.5. The van der Waals surface area contributed by atoms with Gasteiger partial charge in [-0.15, -0.1) is 0 Å². The van der Waals surface area contributed by atoms with Crippen molar-refractivity contribution in [2.24, 2.45) is 5.41 Å². The van der Waals surface area contributed by atoms with Gasteiger partial charge in [-0.05, 0) is 83.2 Å². The average Bonchev–Trinajstić information content (AvgIpc) is 2.56. The Morgan fingerprint density at radius 1 is 1.11 bits per heavy atom. The Hall–Kier alpha value is -1.30. The number of nitrogens with zero attached hydrogens (tertiary/aromatic N) is 1. The van der Waals surface area contributed by atoms with Crippen LogP contribution in [0.1, 0.15) is 56.8 Å². The van der Waals surface area contributed by atoms with Crippen LogP contribution in [0.3, 0.4) is 0 Å². The van der Waals surface area contributed by atoms with Crippen LogP contribution >= 0.6 is 23.2 Å². The molecular formula is C21H29Cl2N3O2. The smallest absolute Gasteiger partial charge is 0.251 e. The summed E-state index contributed by atoms with van der Waals surface area (Å²) in [6, 6.07) is 5.08. The molecule has 7 heteroatoms. The molecule has 0 aromatic heterocycles. The molecule has 1 aliphatic heterocycles. The second-order valence-corrected chi connectivity index (χ2v) is 10.0. The first kappa shape index (κ1) is 21.4. The van der Waals surface area contributed by atoms with Crippen LogP contribution in [-0.4, -0.2) is 47.9 Å². The molecular weight excluding hydrogens is 397 g/mol. The maximum absolute atomic E-state index is 12.6. The molecule has 1 saturated heterocycles. The fraction of sp³-hybridized carbons (Fsp3) is 0.619. The molecule has 2 N–H and O–H groups in total. The number of amides is 2. The summed E-state index contributed by atoms with van der Waals surface area (Å²) in [7, 11) is 0. The van der Waals surface area contributed by atoms with Crippen molar-refractivity contribution in [2.45, 2.75) is 58.0 Å². The van der Waals surface area contributed by atoms with Gasteiger partial charge in [0.25, 0.3) is 5.91 Å². The number of hydrogen-bond acceptors (Lipinski definition) is 3. The van der Waals surface area contributed by atoms with Gasteiger partial charge in [0, 0.05) is 27.2 Å². The molecule has 0 unspecified atom stereocenters. The van der Waals surface area contributed by atoms with Crippen LogP contribution in [0, 0.1) is 5.41 Å². The number of hydrogen-bond donors (Lipinski definition) is 2. The average molecular weight is 426 g/mol. The quantitative estimate of drug-likeness (QED) is 0.768. The fourth-order valence-corrected chi connectivity index (χ4v) is 4.79. The number of rotatable bonds is 4. The minimum Gasteiger partial charge on any atom is -0.350 e. The highest BCUT2D eigenvalue weighted by Gasteiger charge is 2.48. The van der Waals surface area contributed by atoms with Crippen LogP contribution in [0.5, 0.6) is 0 Å². The summed E-state index contributed by atoms with van der Waals surface area (Å²) in [6.45, 7) is 8.17. The monoisotopic (exact) mass is 425 g/mol. The van der Waals surface area contributed by atoms with Gasteiger partial charge in [0.1, 0.15) is 0 Å². The highest BCUT2D eigenvalue weighted by Crippen LogP contribution is 2.49. The SMILES string of the molecule is CC(C)(C)NC(=O)CN1CCC2(CC[C@@H]2NC(=O)c2cc(Cl)cc(Cl)c2)CC1. The van der Waals surface area contributed by atoms with Crippen molar-refractivity contribution in [1.29, 1.82) is 0 Å². The van der Waals surface area contributed by atoms with E-state index in [0.717, 1.165) is 38.8 Å². The number of halogens is 2. The lowest BCUT2D eigenvalue weighted by Gasteiger charge is -2.54. The molecule has 1 aliphatic carbocycles. The Morgan fingerprint density at radius 2 is 1.71 bits per heavy atom. The number of piperidine rings is 1. The zero-order valence-electron chi connectivity index (χ0n) is 16.8. The number of carbonyl (C=O) groups excluding carboxylic acids is 2. The molecule has 1 saturated carbocycles. The Labute approximate surface area is 177 Å². The highest BCUT2D eigenvalue weighted by atomic mass is 35.5. The summed E-state index contributed by atoms with van der Waals surface area (Å²) in [5, 5.41) is 7.12.